The third kappa shape index (κ3) is 2.80. The molecule has 0 saturated carbocycles. The summed E-state index contributed by atoms with van der Waals surface area (Å²) in [4.78, 5) is 13.1. The van der Waals surface area contributed by atoms with E-state index in [-0.39, 0.29) is 23.2 Å². The molecule has 1 aliphatic heterocycles. The van der Waals surface area contributed by atoms with Gasteiger partial charge in [-0.25, -0.2) is 0 Å². The molecule has 1 fully saturated rings. The predicted molar refractivity (Wildman–Crippen MR) is 70.2 cm³/mol. The van der Waals surface area contributed by atoms with Gasteiger partial charge in [-0.15, -0.1) is 0 Å². The van der Waals surface area contributed by atoms with Crippen molar-refractivity contribution in [1.29, 1.82) is 0 Å². The molecule has 1 unspecified atom stereocenters. The molecule has 0 aliphatic carbocycles. The molecule has 1 amide bonds. The lowest BCUT2D eigenvalue weighted by molar-refractivity contribution is -0.137. The molecule has 2 rings (SSSR count). The Bertz CT molecular complexity index is 504. The molecule has 7 heteroatoms. The van der Waals surface area contributed by atoms with Gasteiger partial charge in [-0.2, -0.15) is 25.8 Å². The maximum atomic E-state index is 12.7. The number of carbonyl (C=O) groups is 1. The zero-order chi connectivity index (χ0) is 14.2. The summed E-state index contributed by atoms with van der Waals surface area (Å²) in [7, 11) is 0. The van der Waals surface area contributed by atoms with Crippen LogP contribution < -0.4 is 10.6 Å². The Hall–Kier alpha value is -1.37. The highest BCUT2D eigenvalue weighted by atomic mass is 32.1. The second-order valence-electron chi connectivity index (χ2n) is 4.53. The molecular formula is C12H13F3N2OS. The largest absolute Gasteiger partial charge is 0.416 e. The lowest BCUT2D eigenvalue weighted by Gasteiger charge is -2.20. The lowest BCUT2D eigenvalue weighted by Crippen LogP contribution is -2.26. The van der Waals surface area contributed by atoms with Gasteiger partial charge in [0.05, 0.1) is 16.9 Å². The minimum atomic E-state index is -4.45. The van der Waals surface area contributed by atoms with Gasteiger partial charge in [-0.05, 0) is 29.9 Å². The first-order valence-corrected chi connectivity index (χ1v) is 6.34. The number of carbonyl (C=O) groups excluding carboxylic acids is 1. The smallest absolute Gasteiger partial charge is 0.397 e. The van der Waals surface area contributed by atoms with E-state index in [0.717, 1.165) is 12.1 Å². The van der Waals surface area contributed by atoms with Gasteiger partial charge in [-0.3, -0.25) is 4.79 Å². The normalized spacial score (nSPS) is 20.1. The van der Waals surface area contributed by atoms with E-state index < -0.39 is 11.7 Å². The molecule has 1 aromatic carbocycles. The van der Waals surface area contributed by atoms with Crippen LogP contribution in [0.15, 0.2) is 18.2 Å². The Labute approximate surface area is 114 Å². The van der Waals surface area contributed by atoms with Gasteiger partial charge in [0.15, 0.2) is 0 Å². The Morgan fingerprint density at radius 3 is 2.63 bits per heavy atom. The number of amides is 1. The van der Waals surface area contributed by atoms with E-state index in [1.807, 2.05) is 0 Å². The highest BCUT2D eigenvalue weighted by Gasteiger charge is 2.34. The van der Waals surface area contributed by atoms with Crippen LogP contribution in [0.25, 0.3) is 0 Å². The number of halogens is 3. The number of hydrogen-bond donors (Lipinski definition) is 2. The minimum Gasteiger partial charge on any atom is -0.397 e. The van der Waals surface area contributed by atoms with Crippen LogP contribution in [0.3, 0.4) is 0 Å². The lowest BCUT2D eigenvalue weighted by atomic mass is 10.1. The van der Waals surface area contributed by atoms with Crippen molar-refractivity contribution in [2.75, 3.05) is 22.9 Å². The quantitative estimate of drug-likeness (QED) is 0.649. The first-order valence-electron chi connectivity index (χ1n) is 5.71. The van der Waals surface area contributed by atoms with Crippen LogP contribution in [0.4, 0.5) is 24.5 Å². The fraction of sp³-hybridized carbons (Fsp3) is 0.417. The topological polar surface area (TPSA) is 46.3 Å². The van der Waals surface area contributed by atoms with Crippen LogP contribution in [0.5, 0.6) is 0 Å². The van der Waals surface area contributed by atoms with Gasteiger partial charge in [0.2, 0.25) is 5.91 Å². The molecular weight excluding hydrogens is 277 g/mol. The highest BCUT2D eigenvalue weighted by molar-refractivity contribution is 7.80. The van der Waals surface area contributed by atoms with E-state index in [0.29, 0.717) is 18.7 Å². The van der Waals surface area contributed by atoms with Gasteiger partial charge < -0.3 is 10.6 Å². The van der Waals surface area contributed by atoms with Gasteiger partial charge in [0.1, 0.15) is 0 Å². The summed E-state index contributed by atoms with van der Waals surface area (Å²) >= 11 is 4.11. The van der Waals surface area contributed by atoms with Crippen molar-refractivity contribution < 1.29 is 18.0 Å². The summed E-state index contributed by atoms with van der Waals surface area (Å²) in [5.74, 6) is 0.344. The number of thiol groups is 1. The fourth-order valence-corrected chi connectivity index (χ4v) is 2.34. The van der Waals surface area contributed by atoms with Gasteiger partial charge >= 0.3 is 6.18 Å². The van der Waals surface area contributed by atoms with Crippen molar-refractivity contribution in [2.45, 2.75) is 12.6 Å². The zero-order valence-corrected chi connectivity index (χ0v) is 10.8. The molecule has 1 saturated heterocycles. The molecule has 19 heavy (non-hydrogen) atoms. The molecule has 0 spiro atoms. The molecule has 1 atom stereocenters. The van der Waals surface area contributed by atoms with Crippen LogP contribution in [0.2, 0.25) is 0 Å². The number of rotatable bonds is 2. The molecule has 0 aromatic heterocycles. The zero-order valence-electron chi connectivity index (χ0n) is 9.94. The van der Waals surface area contributed by atoms with E-state index in [9.17, 15) is 18.0 Å². The Morgan fingerprint density at radius 2 is 2.11 bits per heavy atom. The maximum Gasteiger partial charge on any atom is 0.416 e. The summed E-state index contributed by atoms with van der Waals surface area (Å²) in [6, 6.07) is 3.02. The molecule has 2 N–H and O–H groups in total. The fourth-order valence-electron chi connectivity index (χ4n) is 2.09. The van der Waals surface area contributed by atoms with Gasteiger partial charge in [0, 0.05) is 13.0 Å². The molecule has 1 heterocycles. The Balaban J connectivity index is 2.37. The summed E-state index contributed by atoms with van der Waals surface area (Å²) in [6.07, 6.45) is -4.16. The molecule has 0 bridgehead atoms. The molecule has 0 radical (unpaired) electrons. The third-order valence-electron chi connectivity index (χ3n) is 3.11. The number of nitrogen functional groups attached to an aromatic ring is 1. The second kappa shape index (κ2) is 4.96. The Morgan fingerprint density at radius 1 is 1.42 bits per heavy atom. The van der Waals surface area contributed by atoms with Crippen molar-refractivity contribution in [3.63, 3.8) is 0 Å². The number of benzene rings is 1. The summed E-state index contributed by atoms with van der Waals surface area (Å²) in [5.41, 5.74) is 5.17. The second-order valence-corrected chi connectivity index (χ2v) is 4.89. The molecule has 104 valence electrons. The Kier molecular flexibility index (Phi) is 3.66. The molecule has 1 aliphatic rings. The van der Waals surface area contributed by atoms with Crippen LogP contribution in [-0.4, -0.2) is 18.2 Å². The average Bonchev–Trinajstić information content (AvgIpc) is 2.69. The number of hydrogen-bond acceptors (Lipinski definition) is 3. The predicted octanol–water partition coefficient (Wildman–Crippen LogP) is 2.57. The van der Waals surface area contributed by atoms with E-state index in [1.165, 1.54) is 11.0 Å². The summed E-state index contributed by atoms with van der Waals surface area (Å²) < 4.78 is 38.0. The highest BCUT2D eigenvalue weighted by Crippen LogP contribution is 2.36. The van der Waals surface area contributed by atoms with Crippen molar-refractivity contribution in [2.24, 2.45) is 5.92 Å². The number of nitrogens with zero attached hydrogens (tertiary/aromatic N) is 1. The van der Waals surface area contributed by atoms with Crippen LogP contribution in [0, 0.1) is 5.92 Å². The van der Waals surface area contributed by atoms with E-state index in [1.54, 1.807) is 0 Å². The van der Waals surface area contributed by atoms with E-state index in [4.69, 9.17) is 5.73 Å². The third-order valence-corrected chi connectivity index (χ3v) is 3.63. The number of alkyl halides is 3. The van der Waals surface area contributed by atoms with Gasteiger partial charge in [-0.1, -0.05) is 0 Å². The first kappa shape index (κ1) is 14.0. The van der Waals surface area contributed by atoms with Gasteiger partial charge in [0.25, 0.3) is 0 Å². The van der Waals surface area contributed by atoms with Crippen LogP contribution in [0.1, 0.15) is 12.0 Å². The minimum absolute atomic E-state index is 0.0461. The standard InChI is InChI=1S/C12H13F3N2OS/c13-12(14,15)8-1-2-9(16)10(4-8)17-5-7(6-19)3-11(17)18/h1-2,4,7,19H,3,5-6,16H2. The molecule has 1 aromatic rings. The SMILES string of the molecule is Nc1ccc(C(F)(F)F)cc1N1CC(CS)CC1=O. The van der Waals surface area contributed by atoms with Crippen LogP contribution >= 0.6 is 12.6 Å². The monoisotopic (exact) mass is 290 g/mol. The average molecular weight is 290 g/mol. The summed E-state index contributed by atoms with van der Waals surface area (Å²) in [6.45, 7) is 0.355. The molecule has 3 nitrogen and oxygen atoms in total. The van der Waals surface area contributed by atoms with Crippen LogP contribution in [-0.2, 0) is 11.0 Å². The van der Waals surface area contributed by atoms with Crippen molar-refractivity contribution >= 4 is 29.9 Å². The van der Waals surface area contributed by atoms with Crippen molar-refractivity contribution in [3.8, 4) is 0 Å². The van der Waals surface area contributed by atoms with E-state index >= 15 is 0 Å². The first-order chi connectivity index (χ1) is 8.82. The van der Waals surface area contributed by atoms with E-state index in [2.05, 4.69) is 12.6 Å². The number of anilines is 2. The maximum absolute atomic E-state index is 12.7. The van der Waals surface area contributed by atoms with Crippen molar-refractivity contribution in [3.05, 3.63) is 23.8 Å². The van der Waals surface area contributed by atoms with Crippen molar-refractivity contribution in [1.82, 2.24) is 0 Å². The number of nitrogens with two attached hydrogens (primary N) is 1. The summed E-state index contributed by atoms with van der Waals surface area (Å²) in [5, 5.41) is 0.